The van der Waals surface area contributed by atoms with E-state index >= 15 is 0 Å². The van der Waals surface area contributed by atoms with Gasteiger partial charge in [0.25, 0.3) is 11.8 Å². The molecule has 0 saturated heterocycles. The molecule has 7 heteroatoms. The second-order valence-corrected chi connectivity index (χ2v) is 6.63. The number of amides is 2. The molecular weight excluding hydrogens is 317 g/mol. The Balaban J connectivity index is 1.60. The summed E-state index contributed by atoms with van der Waals surface area (Å²) < 4.78 is 4.18. The number of carbonyl (C=O) groups is 3. The van der Waals surface area contributed by atoms with Crippen molar-refractivity contribution < 1.29 is 19.1 Å². The highest BCUT2D eigenvalue weighted by molar-refractivity contribution is 6.50. The summed E-state index contributed by atoms with van der Waals surface area (Å²) in [5.41, 5.74) is 0.607. The minimum absolute atomic E-state index is 0.0908. The van der Waals surface area contributed by atoms with Crippen molar-refractivity contribution in [1.82, 2.24) is 4.90 Å². The van der Waals surface area contributed by atoms with Crippen molar-refractivity contribution in [1.29, 1.82) is 0 Å². The normalized spacial score (nSPS) is 22.2. The molecule has 0 spiro atoms. The smallest absolute Gasteiger partial charge is 0.326 e. The van der Waals surface area contributed by atoms with Crippen LogP contribution in [0.3, 0.4) is 0 Å². The molecule has 2 amide bonds. The molecular formula is C14H11Cl2NO4. The van der Waals surface area contributed by atoms with Gasteiger partial charge in [0.05, 0.1) is 17.7 Å². The molecule has 5 nitrogen and oxygen atoms in total. The highest BCUT2D eigenvalue weighted by Crippen LogP contribution is 2.53. The number of esters is 1. The molecule has 1 heterocycles. The van der Waals surface area contributed by atoms with Gasteiger partial charge in [-0.2, -0.15) is 0 Å². The van der Waals surface area contributed by atoms with Crippen LogP contribution in [0.2, 0.25) is 0 Å². The molecule has 0 aromatic heterocycles. The third kappa shape index (κ3) is 2.63. The number of benzene rings is 1. The van der Waals surface area contributed by atoms with Gasteiger partial charge in [-0.05, 0) is 18.6 Å². The Hall–Kier alpha value is -1.59. The molecule has 1 atom stereocenters. The maximum atomic E-state index is 12.1. The van der Waals surface area contributed by atoms with Crippen LogP contribution in [0.4, 0.5) is 0 Å². The van der Waals surface area contributed by atoms with E-state index in [0.717, 1.165) is 4.90 Å². The lowest BCUT2D eigenvalue weighted by Crippen LogP contribution is -2.36. The molecule has 1 aliphatic heterocycles. The Morgan fingerprint density at radius 3 is 2.24 bits per heavy atom. The predicted molar refractivity (Wildman–Crippen MR) is 75.3 cm³/mol. The molecule has 21 heavy (non-hydrogen) atoms. The van der Waals surface area contributed by atoms with Gasteiger partial charge in [-0.15, -0.1) is 23.2 Å². The number of fused-ring (bicyclic) bond motifs is 1. The summed E-state index contributed by atoms with van der Waals surface area (Å²) in [6, 6.07) is 6.44. The molecule has 1 aromatic rings. The second-order valence-electron chi connectivity index (χ2n) is 5.09. The maximum absolute atomic E-state index is 12.1. The zero-order chi connectivity index (χ0) is 15.2. The van der Waals surface area contributed by atoms with Crippen molar-refractivity contribution in [3.63, 3.8) is 0 Å². The zero-order valence-electron chi connectivity index (χ0n) is 10.8. The van der Waals surface area contributed by atoms with E-state index in [0.29, 0.717) is 17.5 Å². The first-order valence-electron chi connectivity index (χ1n) is 6.39. The maximum Gasteiger partial charge on any atom is 0.326 e. The molecule has 1 aromatic carbocycles. The van der Waals surface area contributed by atoms with E-state index in [1.54, 1.807) is 24.3 Å². The van der Waals surface area contributed by atoms with Gasteiger partial charge in [-0.3, -0.25) is 19.3 Å². The topological polar surface area (TPSA) is 63.7 Å². The number of ether oxygens (including phenoxy) is 1. The van der Waals surface area contributed by atoms with Gasteiger partial charge in [0, 0.05) is 5.92 Å². The summed E-state index contributed by atoms with van der Waals surface area (Å²) in [6.45, 7) is -0.314. The number of carbonyl (C=O) groups excluding carboxylic acids is 3. The first-order chi connectivity index (χ1) is 9.90. The second kappa shape index (κ2) is 5.00. The first kappa shape index (κ1) is 14.4. The fourth-order valence-electron chi connectivity index (χ4n) is 2.20. The van der Waals surface area contributed by atoms with E-state index in [-0.39, 0.29) is 12.5 Å². The number of halogens is 2. The average molecular weight is 328 g/mol. The summed E-state index contributed by atoms with van der Waals surface area (Å²) in [5.74, 6) is -1.71. The summed E-state index contributed by atoms with van der Waals surface area (Å²) >= 11 is 11.6. The standard InChI is InChI=1S/C14H11Cl2NO4/c15-14(16)5-8(14)7-21-11(18)6-17-12(19)9-3-1-2-4-10(9)13(17)20/h1-4,8H,5-7H2/t8-/m0/s1. The van der Waals surface area contributed by atoms with Crippen LogP contribution in [0.5, 0.6) is 0 Å². The van der Waals surface area contributed by atoms with Gasteiger partial charge in [-0.25, -0.2) is 0 Å². The number of hydrogen-bond donors (Lipinski definition) is 0. The van der Waals surface area contributed by atoms with Crippen LogP contribution in [0, 0.1) is 5.92 Å². The summed E-state index contributed by atoms with van der Waals surface area (Å²) in [7, 11) is 0. The van der Waals surface area contributed by atoms with Crippen LogP contribution >= 0.6 is 23.2 Å². The summed E-state index contributed by atoms with van der Waals surface area (Å²) in [4.78, 5) is 36.7. The van der Waals surface area contributed by atoms with Gasteiger partial charge < -0.3 is 4.74 Å². The summed E-state index contributed by atoms with van der Waals surface area (Å²) in [5, 5.41) is 0. The zero-order valence-corrected chi connectivity index (χ0v) is 12.4. The van der Waals surface area contributed by atoms with Crippen LogP contribution in [0.15, 0.2) is 24.3 Å². The molecule has 2 aliphatic rings. The van der Waals surface area contributed by atoms with Crippen LogP contribution < -0.4 is 0 Å². The van der Waals surface area contributed by atoms with Crippen molar-refractivity contribution in [3.05, 3.63) is 35.4 Å². The van der Waals surface area contributed by atoms with E-state index in [1.165, 1.54) is 0 Å². The van der Waals surface area contributed by atoms with Gasteiger partial charge in [-0.1, -0.05) is 12.1 Å². The third-order valence-electron chi connectivity index (χ3n) is 3.57. The molecule has 3 rings (SSSR count). The van der Waals surface area contributed by atoms with Crippen molar-refractivity contribution in [3.8, 4) is 0 Å². The van der Waals surface area contributed by atoms with Crippen LogP contribution in [0.25, 0.3) is 0 Å². The van der Waals surface area contributed by atoms with Gasteiger partial charge in [0.2, 0.25) is 0 Å². The Bertz CT molecular complexity index is 609. The largest absolute Gasteiger partial charge is 0.464 e. The lowest BCUT2D eigenvalue weighted by Gasteiger charge is -2.13. The minimum atomic E-state index is -0.824. The van der Waals surface area contributed by atoms with Crippen molar-refractivity contribution in [2.45, 2.75) is 10.8 Å². The molecule has 1 saturated carbocycles. The fourth-order valence-corrected chi connectivity index (χ4v) is 2.70. The lowest BCUT2D eigenvalue weighted by molar-refractivity contribution is -0.144. The highest BCUT2D eigenvalue weighted by atomic mass is 35.5. The van der Waals surface area contributed by atoms with Crippen LogP contribution in [-0.2, 0) is 9.53 Å². The number of alkyl halides is 2. The van der Waals surface area contributed by atoms with Crippen molar-refractivity contribution in [2.75, 3.05) is 13.2 Å². The van der Waals surface area contributed by atoms with E-state index < -0.39 is 28.7 Å². The molecule has 0 radical (unpaired) electrons. The Kier molecular flexibility index (Phi) is 3.42. The Labute approximate surface area is 130 Å². The van der Waals surface area contributed by atoms with Crippen molar-refractivity contribution >= 4 is 41.0 Å². The third-order valence-corrected chi connectivity index (χ3v) is 4.49. The number of rotatable bonds is 4. The lowest BCUT2D eigenvalue weighted by atomic mass is 10.1. The molecule has 0 unspecified atom stereocenters. The molecule has 110 valence electrons. The van der Waals surface area contributed by atoms with E-state index in [2.05, 4.69) is 0 Å². The van der Waals surface area contributed by atoms with Crippen molar-refractivity contribution in [2.24, 2.45) is 5.92 Å². The SMILES string of the molecule is O=C(CN1C(=O)c2ccccc2C1=O)OC[C@@H]1CC1(Cl)Cl. The Morgan fingerprint density at radius 1 is 1.24 bits per heavy atom. The fraction of sp³-hybridized carbons (Fsp3) is 0.357. The molecule has 0 N–H and O–H groups in total. The number of imide groups is 1. The van der Waals surface area contributed by atoms with E-state index in [4.69, 9.17) is 27.9 Å². The minimum Gasteiger partial charge on any atom is -0.464 e. The van der Waals surface area contributed by atoms with Gasteiger partial charge >= 0.3 is 5.97 Å². The average Bonchev–Trinajstić information content (AvgIpc) is 3.01. The highest BCUT2D eigenvalue weighted by Gasteiger charge is 2.52. The number of nitrogens with zero attached hydrogens (tertiary/aromatic N) is 1. The molecule has 1 aliphatic carbocycles. The van der Waals surface area contributed by atoms with E-state index in [9.17, 15) is 14.4 Å². The summed E-state index contributed by atoms with van der Waals surface area (Å²) in [6.07, 6.45) is 0.566. The predicted octanol–water partition coefficient (Wildman–Crippen LogP) is 2.02. The van der Waals surface area contributed by atoms with Crippen LogP contribution in [0.1, 0.15) is 27.1 Å². The quantitative estimate of drug-likeness (QED) is 0.482. The Morgan fingerprint density at radius 2 is 1.76 bits per heavy atom. The first-order valence-corrected chi connectivity index (χ1v) is 7.14. The molecule has 1 fully saturated rings. The molecule has 0 bridgehead atoms. The van der Waals surface area contributed by atoms with E-state index in [1.807, 2.05) is 0 Å². The van der Waals surface area contributed by atoms with Gasteiger partial charge in [0.15, 0.2) is 0 Å². The van der Waals surface area contributed by atoms with Gasteiger partial charge in [0.1, 0.15) is 10.9 Å². The number of hydrogen-bond acceptors (Lipinski definition) is 4. The van der Waals surface area contributed by atoms with Crippen LogP contribution in [-0.4, -0.2) is 40.2 Å². The monoisotopic (exact) mass is 327 g/mol.